The summed E-state index contributed by atoms with van der Waals surface area (Å²) in [6, 6.07) is -1.05. The molecule has 6 nitrogen and oxygen atoms in total. The van der Waals surface area contributed by atoms with Gasteiger partial charge in [-0.1, -0.05) is 0 Å². The number of aliphatic carboxylic acids is 1. The average Bonchev–Trinajstić information content (AvgIpc) is 2.92. The first-order valence-electron chi connectivity index (χ1n) is 7.01. The topological polar surface area (TPSA) is 78.9 Å². The third kappa shape index (κ3) is 3.37. The van der Waals surface area contributed by atoms with E-state index in [4.69, 9.17) is 9.84 Å². The maximum absolute atomic E-state index is 12.2. The lowest BCUT2D eigenvalue weighted by molar-refractivity contribution is -0.143. The second-order valence-electron chi connectivity index (χ2n) is 5.33. The smallest absolute Gasteiger partial charge is 0.326 e. The first kappa shape index (κ1) is 14.1. The van der Waals surface area contributed by atoms with Gasteiger partial charge >= 0.3 is 12.0 Å². The van der Waals surface area contributed by atoms with Crippen LogP contribution in [0.25, 0.3) is 0 Å². The molecular formula is C13H22N2O4. The van der Waals surface area contributed by atoms with Gasteiger partial charge in [0.2, 0.25) is 0 Å². The number of nitrogens with one attached hydrogen (secondary N) is 1. The number of hydrogen-bond acceptors (Lipinski definition) is 3. The molecule has 2 fully saturated rings. The third-order valence-corrected chi connectivity index (χ3v) is 3.92. The van der Waals surface area contributed by atoms with Crippen molar-refractivity contribution in [3.63, 3.8) is 0 Å². The van der Waals surface area contributed by atoms with Gasteiger partial charge in [-0.15, -0.1) is 0 Å². The number of amides is 2. The number of piperidine rings is 1. The fraction of sp³-hybridized carbons (Fsp3) is 0.846. The molecule has 0 spiro atoms. The van der Waals surface area contributed by atoms with Crippen molar-refractivity contribution in [2.75, 3.05) is 13.2 Å². The lowest BCUT2D eigenvalue weighted by Crippen LogP contribution is -2.55. The van der Waals surface area contributed by atoms with E-state index in [0.29, 0.717) is 13.0 Å². The number of urea groups is 1. The fourth-order valence-electron chi connectivity index (χ4n) is 2.80. The van der Waals surface area contributed by atoms with Gasteiger partial charge in [0.25, 0.3) is 0 Å². The van der Waals surface area contributed by atoms with Crippen molar-refractivity contribution >= 4 is 12.0 Å². The van der Waals surface area contributed by atoms with Crippen LogP contribution in [0.2, 0.25) is 0 Å². The van der Waals surface area contributed by atoms with E-state index >= 15 is 0 Å². The average molecular weight is 270 g/mol. The molecule has 0 radical (unpaired) electrons. The molecule has 0 saturated carbocycles. The van der Waals surface area contributed by atoms with Crippen LogP contribution in [-0.4, -0.2) is 53.3 Å². The second-order valence-corrected chi connectivity index (χ2v) is 5.33. The highest BCUT2D eigenvalue weighted by Crippen LogP contribution is 2.19. The predicted molar refractivity (Wildman–Crippen MR) is 68.9 cm³/mol. The van der Waals surface area contributed by atoms with Crippen LogP contribution in [0.1, 0.15) is 39.0 Å². The highest BCUT2D eigenvalue weighted by Gasteiger charge is 2.33. The molecule has 2 aliphatic rings. The van der Waals surface area contributed by atoms with E-state index in [1.165, 1.54) is 4.90 Å². The normalized spacial score (nSPS) is 29.0. The zero-order valence-electron chi connectivity index (χ0n) is 11.3. The van der Waals surface area contributed by atoms with Gasteiger partial charge in [-0.05, 0) is 39.0 Å². The van der Waals surface area contributed by atoms with Crippen LogP contribution < -0.4 is 5.32 Å². The Morgan fingerprint density at radius 3 is 2.74 bits per heavy atom. The highest BCUT2D eigenvalue weighted by molar-refractivity contribution is 5.83. The van der Waals surface area contributed by atoms with E-state index in [9.17, 15) is 9.59 Å². The molecule has 0 aromatic rings. The van der Waals surface area contributed by atoms with Crippen LogP contribution >= 0.6 is 0 Å². The van der Waals surface area contributed by atoms with Crippen LogP contribution in [0, 0.1) is 0 Å². The van der Waals surface area contributed by atoms with Gasteiger partial charge in [0.1, 0.15) is 6.04 Å². The molecular weight excluding hydrogens is 248 g/mol. The summed E-state index contributed by atoms with van der Waals surface area (Å²) in [6.07, 6.45) is 4.29. The Morgan fingerprint density at radius 2 is 2.11 bits per heavy atom. The quantitative estimate of drug-likeness (QED) is 0.807. The number of carbonyl (C=O) groups is 2. The Labute approximate surface area is 113 Å². The van der Waals surface area contributed by atoms with E-state index < -0.39 is 12.0 Å². The fourth-order valence-corrected chi connectivity index (χ4v) is 2.80. The molecule has 0 aliphatic carbocycles. The van der Waals surface area contributed by atoms with Crippen LogP contribution in [0.5, 0.6) is 0 Å². The number of rotatable bonds is 3. The molecule has 2 saturated heterocycles. The van der Waals surface area contributed by atoms with Crippen molar-refractivity contribution in [3.8, 4) is 0 Å². The number of nitrogens with zero attached hydrogens (tertiary/aromatic N) is 1. The summed E-state index contributed by atoms with van der Waals surface area (Å²) >= 11 is 0. The van der Waals surface area contributed by atoms with Crippen molar-refractivity contribution in [2.45, 2.75) is 57.2 Å². The maximum Gasteiger partial charge on any atom is 0.326 e. The van der Waals surface area contributed by atoms with Crippen LogP contribution in [0.3, 0.4) is 0 Å². The van der Waals surface area contributed by atoms with Crippen LogP contribution in [0.4, 0.5) is 4.79 Å². The minimum Gasteiger partial charge on any atom is -0.480 e. The molecule has 2 amide bonds. The molecule has 2 heterocycles. The first-order valence-corrected chi connectivity index (χ1v) is 7.01. The zero-order chi connectivity index (χ0) is 13.8. The molecule has 0 bridgehead atoms. The molecule has 2 aliphatic heterocycles. The Bertz CT molecular complexity index is 342. The molecule has 3 unspecified atom stereocenters. The Morgan fingerprint density at radius 1 is 1.32 bits per heavy atom. The van der Waals surface area contributed by atoms with Crippen molar-refractivity contribution < 1.29 is 19.4 Å². The number of hydrogen-bond donors (Lipinski definition) is 2. The van der Waals surface area contributed by atoms with E-state index in [1.54, 1.807) is 0 Å². The highest BCUT2D eigenvalue weighted by atomic mass is 16.5. The maximum atomic E-state index is 12.2. The van der Waals surface area contributed by atoms with Gasteiger partial charge in [-0.2, -0.15) is 0 Å². The summed E-state index contributed by atoms with van der Waals surface area (Å²) < 4.78 is 5.53. The van der Waals surface area contributed by atoms with Gasteiger partial charge in [0.05, 0.1) is 12.1 Å². The molecule has 2 rings (SSSR count). The summed E-state index contributed by atoms with van der Waals surface area (Å²) in [4.78, 5) is 24.8. The van der Waals surface area contributed by atoms with E-state index in [2.05, 4.69) is 5.32 Å². The summed E-state index contributed by atoms with van der Waals surface area (Å²) in [5, 5.41) is 12.0. The largest absolute Gasteiger partial charge is 0.480 e. The Hall–Kier alpha value is -1.30. The molecule has 6 heteroatoms. The van der Waals surface area contributed by atoms with Crippen LogP contribution in [0.15, 0.2) is 0 Å². The molecule has 0 aromatic heterocycles. The molecule has 2 N–H and O–H groups in total. The third-order valence-electron chi connectivity index (χ3n) is 3.92. The number of carboxylic acid groups (broad SMARTS) is 1. The molecule has 108 valence electrons. The number of carboxylic acids is 1. The molecule has 3 atom stereocenters. The van der Waals surface area contributed by atoms with Crippen molar-refractivity contribution in [1.29, 1.82) is 0 Å². The van der Waals surface area contributed by atoms with E-state index in [1.807, 2.05) is 6.92 Å². The van der Waals surface area contributed by atoms with Gasteiger partial charge in [-0.3, -0.25) is 0 Å². The second kappa shape index (κ2) is 6.23. The number of ether oxygens (including phenoxy) is 1. The van der Waals surface area contributed by atoms with E-state index in [-0.39, 0.29) is 18.2 Å². The SMILES string of the molecule is CC(NC(=O)N1CCCCC1C(=O)O)C1CCCO1. The minimum atomic E-state index is -0.917. The predicted octanol–water partition coefficient (Wildman–Crippen LogP) is 1.20. The minimum absolute atomic E-state index is 0.0528. The lowest BCUT2D eigenvalue weighted by Gasteiger charge is -2.34. The summed E-state index contributed by atoms with van der Waals surface area (Å²) in [5.74, 6) is -0.917. The lowest BCUT2D eigenvalue weighted by atomic mass is 10.0. The Kier molecular flexibility index (Phi) is 4.63. The Balaban J connectivity index is 1.91. The van der Waals surface area contributed by atoms with Crippen LogP contribution in [-0.2, 0) is 9.53 Å². The van der Waals surface area contributed by atoms with E-state index in [0.717, 1.165) is 32.3 Å². The summed E-state index contributed by atoms with van der Waals surface area (Å²) in [7, 11) is 0. The van der Waals surface area contributed by atoms with Gasteiger partial charge in [0.15, 0.2) is 0 Å². The van der Waals surface area contributed by atoms with Crippen molar-refractivity contribution in [1.82, 2.24) is 10.2 Å². The number of likely N-dealkylation sites (tertiary alicyclic amines) is 1. The van der Waals surface area contributed by atoms with Gasteiger partial charge in [0, 0.05) is 13.2 Å². The standard InChI is InChI=1S/C13H22N2O4/c1-9(11-6-4-8-19-11)14-13(18)15-7-3-2-5-10(15)12(16)17/h9-11H,2-8H2,1H3,(H,14,18)(H,16,17). The first-order chi connectivity index (χ1) is 9.09. The van der Waals surface area contributed by atoms with Gasteiger partial charge in [-0.25, -0.2) is 9.59 Å². The number of carbonyl (C=O) groups excluding carboxylic acids is 1. The van der Waals surface area contributed by atoms with Crippen molar-refractivity contribution in [3.05, 3.63) is 0 Å². The van der Waals surface area contributed by atoms with Gasteiger partial charge < -0.3 is 20.1 Å². The molecule has 0 aromatic carbocycles. The summed E-state index contributed by atoms with van der Waals surface area (Å²) in [6.45, 7) is 3.17. The zero-order valence-corrected chi connectivity index (χ0v) is 11.3. The molecule has 19 heavy (non-hydrogen) atoms. The van der Waals surface area contributed by atoms with Crippen molar-refractivity contribution in [2.24, 2.45) is 0 Å². The summed E-state index contributed by atoms with van der Waals surface area (Å²) in [5.41, 5.74) is 0. The monoisotopic (exact) mass is 270 g/mol.